The van der Waals surface area contributed by atoms with Gasteiger partial charge >= 0.3 is 0 Å². The van der Waals surface area contributed by atoms with E-state index in [-0.39, 0.29) is 0 Å². The molecular weight excluding hydrogens is 126 g/mol. The van der Waals surface area contributed by atoms with Crippen molar-refractivity contribution in [3.8, 4) is 0 Å². The Morgan fingerprint density at radius 1 is 1.80 bits per heavy atom. The summed E-state index contributed by atoms with van der Waals surface area (Å²) in [6.07, 6.45) is 1.95. The maximum absolute atomic E-state index is 5.45. The van der Waals surface area contributed by atoms with E-state index in [1.54, 1.807) is 0 Å². The molecular formula is C7H13N3. The molecule has 0 aromatic carbocycles. The van der Waals surface area contributed by atoms with Crippen molar-refractivity contribution >= 4 is 0 Å². The van der Waals surface area contributed by atoms with E-state index in [1.165, 1.54) is 0 Å². The van der Waals surface area contributed by atoms with Crippen LogP contribution in [0.3, 0.4) is 0 Å². The molecule has 0 bridgehead atoms. The zero-order chi connectivity index (χ0) is 7.56. The van der Waals surface area contributed by atoms with Crippen molar-refractivity contribution in [2.75, 3.05) is 6.54 Å². The van der Waals surface area contributed by atoms with E-state index in [0.717, 1.165) is 5.69 Å². The highest BCUT2D eigenvalue weighted by molar-refractivity contribution is 4.95. The first kappa shape index (κ1) is 7.28. The first-order chi connectivity index (χ1) is 4.74. The molecule has 0 unspecified atom stereocenters. The van der Waals surface area contributed by atoms with Gasteiger partial charge in [0, 0.05) is 12.7 Å². The first-order valence-electron chi connectivity index (χ1n) is 3.46. The van der Waals surface area contributed by atoms with Crippen LogP contribution in [0.4, 0.5) is 0 Å². The van der Waals surface area contributed by atoms with E-state index in [0.29, 0.717) is 12.6 Å². The van der Waals surface area contributed by atoms with Crippen molar-refractivity contribution in [1.82, 2.24) is 9.78 Å². The number of aryl methyl sites for hydroxylation is 1. The molecule has 0 spiro atoms. The van der Waals surface area contributed by atoms with E-state index in [4.69, 9.17) is 5.73 Å². The summed E-state index contributed by atoms with van der Waals surface area (Å²) in [6.45, 7) is 4.66. The van der Waals surface area contributed by atoms with Gasteiger partial charge in [0.2, 0.25) is 0 Å². The van der Waals surface area contributed by atoms with Crippen LogP contribution in [0, 0.1) is 6.92 Å². The molecule has 0 saturated carbocycles. The van der Waals surface area contributed by atoms with Crippen molar-refractivity contribution in [3.63, 3.8) is 0 Å². The topological polar surface area (TPSA) is 43.8 Å². The Morgan fingerprint density at radius 2 is 2.50 bits per heavy atom. The van der Waals surface area contributed by atoms with Gasteiger partial charge in [0.05, 0.1) is 11.7 Å². The number of rotatable bonds is 2. The second kappa shape index (κ2) is 2.84. The lowest BCUT2D eigenvalue weighted by Gasteiger charge is -2.07. The Morgan fingerprint density at radius 3 is 2.90 bits per heavy atom. The fourth-order valence-electron chi connectivity index (χ4n) is 0.787. The summed E-state index contributed by atoms with van der Waals surface area (Å²) in [6, 6.07) is 2.29. The van der Waals surface area contributed by atoms with Crippen LogP contribution in [0.25, 0.3) is 0 Å². The third kappa shape index (κ3) is 1.36. The van der Waals surface area contributed by atoms with Gasteiger partial charge in [0.1, 0.15) is 0 Å². The molecule has 0 radical (unpaired) electrons. The molecule has 3 heteroatoms. The Balaban J connectivity index is 2.74. The summed E-state index contributed by atoms with van der Waals surface area (Å²) < 4.78 is 1.88. The van der Waals surface area contributed by atoms with Gasteiger partial charge in [0.15, 0.2) is 0 Å². The molecule has 1 aromatic heterocycles. The van der Waals surface area contributed by atoms with Crippen LogP contribution in [0.1, 0.15) is 18.7 Å². The zero-order valence-electron chi connectivity index (χ0n) is 6.41. The van der Waals surface area contributed by atoms with Gasteiger partial charge in [-0.15, -0.1) is 0 Å². The monoisotopic (exact) mass is 139 g/mol. The molecule has 1 heterocycles. The van der Waals surface area contributed by atoms with Crippen molar-refractivity contribution in [1.29, 1.82) is 0 Å². The highest BCUT2D eigenvalue weighted by atomic mass is 15.3. The SMILES string of the molecule is Cc1ccn([C@H](C)CN)n1. The van der Waals surface area contributed by atoms with Gasteiger partial charge < -0.3 is 5.73 Å². The predicted octanol–water partition coefficient (Wildman–Crippen LogP) is 0.711. The lowest BCUT2D eigenvalue weighted by Crippen LogP contribution is -2.16. The summed E-state index contributed by atoms with van der Waals surface area (Å²) in [7, 11) is 0. The largest absolute Gasteiger partial charge is 0.328 e. The van der Waals surface area contributed by atoms with Crippen molar-refractivity contribution in [3.05, 3.63) is 18.0 Å². The van der Waals surface area contributed by atoms with Crippen LogP contribution in [0.2, 0.25) is 0 Å². The van der Waals surface area contributed by atoms with Crippen LogP contribution in [0.5, 0.6) is 0 Å². The molecule has 0 aliphatic carbocycles. The third-order valence-corrected chi connectivity index (χ3v) is 1.53. The Labute approximate surface area is 60.8 Å². The van der Waals surface area contributed by atoms with Crippen LogP contribution >= 0.6 is 0 Å². The van der Waals surface area contributed by atoms with Gasteiger partial charge in [-0.05, 0) is 19.9 Å². The highest BCUT2D eigenvalue weighted by Gasteiger charge is 2.00. The molecule has 1 atom stereocenters. The normalized spacial score (nSPS) is 13.5. The summed E-state index contributed by atoms with van der Waals surface area (Å²) in [4.78, 5) is 0. The maximum Gasteiger partial charge on any atom is 0.0613 e. The van der Waals surface area contributed by atoms with Gasteiger partial charge in [-0.3, -0.25) is 4.68 Å². The lowest BCUT2D eigenvalue weighted by molar-refractivity contribution is 0.498. The van der Waals surface area contributed by atoms with Crippen LogP contribution in [-0.2, 0) is 0 Å². The molecule has 3 nitrogen and oxygen atoms in total. The zero-order valence-corrected chi connectivity index (χ0v) is 6.41. The minimum atomic E-state index is 0.314. The fourth-order valence-corrected chi connectivity index (χ4v) is 0.787. The molecule has 56 valence electrons. The highest BCUT2D eigenvalue weighted by Crippen LogP contribution is 2.01. The van der Waals surface area contributed by atoms with Crippen LogP contribution < -0.4 is 5.73 Å². The number of aromatic nitrogens is 2. The predicted molar refractivity (Wildman–Crippen MR) is 40.7 cm³/mol. The van der Waals surface area contributed by atoms with Gasteiger partial charge in [0.25, 0.3) is 0 Å². The van der Waals surface area contributed by atoms with E-state index in [9.17, 15) is 0 Å². The van der Waals surface area contributed by atoms with E-state index in [2.05, 4.69) is 5.10 Å². The second-order valence-electron chi connectivity index (χ2n) is 2.52. The Kier molecular flexibility index (Phi) is 2.06. The summed E-state index contributed by atoms with van der Waals surface area (Å²) >= 11 is 0. The number of nitrogens with zero attached hydrogens (tertiary/aromatic N) is 2. The fraction of sp³-hybridized carbons (Fsp3) is 0.571. The molecule has 0 fully saturated rings. The van der Waals surface area contributed by atoms with Gasteiger partial charge in [-0.25, -0.2) is 0 Å². The summed E-state index contributed by atoms with van der Waals surface area (Å²) in [5.41, 5.74) is 6.49. The minimum absolute atomic E-state index is 0.314. The number of nitrogens with two attached hydrogens (primary N) is 1. The molecule has 1 aromatic rings. The number of hydrogen-bond acceptors (Lipinski definition) is 2. The van der Waals surface area contributed by atoms with Gasteiger partial charge in [-0.1, -0.05) is 0 Å². The standard InChI is InChI=1S/C7H13N3/c1-6-3-4-10(9-6)7(2)5-8/h3-4,7H,5,8H2,1-2H3/t7-/m1/s1. The Hall–Kier alpha value is -0.830. The van der Waals surface area contributed by atoms with Crippen LogP contribution in [0.15, 0.2) is 12.3 Å². The molecule has 0 aliphatic heterocycles. The molecule has 0 amide bonds. The first-order valence-corrected chi connectivity index (χ1v) is 3.46. The molecule has 0 aliphatic rings. The summed E-state index contributed by atoms with van der Waals surface area (Å²) in [5.74, 6) is 0. The van der Waals surface area contributed by atoms with E-state index < -0.39 is 0 Å². The number of hydrogen-bond donors (Lipinski definition) is 1. The smallest absolute Gasteiger partial charge is 0.0613 e. The van der Waals surface area contributed by atoms with Crippen molar-refractivity contribution in [2.45, 2.75) is 19.9 Å². The van der Waals surface area contributed by atoms with Crippen molar-refractivity contribution < 1.29 is 0 Å². The molecule has 2 N–H and O–H groups in total. The summed E-state index contributed by atoms with van der Waals surface area (Å²) in [5, 5.41) is 4.22. The third-order valence-electron chi connectivity index (χ3n) is 1.53. The van der Waals surface area contributed by atoms with Gasteiger partial charge in [-0.2, -0.15) is 5.10 Å². The second-order valence-corrected chi connectivity index (χ2v) is 2.52. The van der Waals surface area contributed by atoms with Crippen molar-refractivity contribution in [2.24, 2.45) is 5.73 Å². The molecule has 1 rings (SSSR count). The Bertz CT molecular complexity index is 204. The van der Waals surface area contributed by atoms with E-state index >= 15 is 0 Å². The lowest BCUT2D eigenvalue weighted by atomic mass is 10.3. The average Bonchev–Trinajstić information content (AvgIpc) is 2.34. The maximum atomic E-state index is 5.45. The minimum Gasteiger partial charge on any atom is -0.328 e. The quantitative estimate of drug-likeness (QED) is 0.655. The van der Waals surface area contributed by atoms with Crippen LogP contribution in [-0.4, -0.2) is 16.3 Å². The molecule has 0 saturated heterocycles. The molecule has 10 heavy (non-hydrogen) atoms. The van der Waals surface area contributed by atoms with E-state index in [1.807, 2.05) is 30.8 Å². The average molecular weight is 139 g/mol.